The van der Waals surface area contributed by atoms with E-state index in [4.69, 9.17) is 4.74 Å². The zero-order valence-electron chi connectivity index (χ0n) is 13.4. The van der Waals surface area contributed by atoms with Gasteiger partial charge in [0.2, 0.25) is 0 Å². The average molecular weight is 318 g/mol. The molecule has 1 aromatic heterocycles. The van der Waals surface area contributed by atoms with Gasteiger partial charge in [0.1, 0.15) is 5.75 Å². The molecule has 4 nitrogen and oxygen atoms in total. The molecule has 0 spiro atoms. The molecular weight excluding hydrogens is 300 g/mol. The van der Waals surface area contributed by atoms with E-state index in [-0.39, 0.29) is 5.91 Å². The Balaban J connectivity index is 1.65. The van der Waals surface area contributed by atoms with Crippen molar-refractivity contribution < 1.29 is 9.53 Å². The third kappa shape index (κ3) is 3.98. The molecule has 2 aromatic carbocycles. The van der Waals surface area contributed by atoms with Crippen molar-refractivity contribution >= 4 is 18.1 Å². The van der Waals surface area contributed by atoms with Crippen LogP contribution in [-0.2, 0) is 6.42 Å². The second-order valence-electron chi connectivity index (χ2n) is 5.35. The highest BCUT2D eigenvalue weighted by Gasteiger charge is 2.08. The molecule has 0 radical (unpaired) electrons. The van der Waals surface area contributed by atoms with Gasteiger partial charge in [-0.1, -0.05) is 48.5 Å². The number of hydrogen-bond acceptors (Lipinski definition) is 3. The molecule has 1 heterocycles. The molecule has 0 aliphatic heterocycles. The Morgan fingerprint density at radius 2 is 1.79 bits per heavy atom. The summed E-state index contributed by atoms with van der Waals surface area (Å²) in [5.74, 6) is 0.707. The molecule has 0 N–H and O–H groups in total. The highest BCUT2D eigenvalue weighted by Crippen LogP contribution is 2.12. The first-order valence-corrected chi connectivity index (χ1v) is 7.69. The van der Waals surface area contributed by atoms with Crippen molar-refractivity contribution in [2.24, 2.45) is 0 Å². The van der Waals surface area contributed by atoms with Gasteiger partial charge in [-0.05, 0) is 35.4 Å². The minimum atomic E-state index is -0.0699. The lowest BCUT2D eigenvalue weighted by molar-refractivity contribution is 0.0898. The third-order valence-electron chi connectivity index (χ3n) is 3.63. The van der Waals surface area contributed by atoms with E-state index in [2.05, 4.69) is 5.10 Å². The van der Waals surface area contributed by atoms with E-state index in [0.29, 0.717) is 6.42 Å². The minimum Gasteiger partial charge on any atom is -0.497 e. The Morgan fingerprint density at radius 1 is 1.04 bits per heavy atom. The topological polar surface area (TPSA) is 44.1 Å². The van der Waals surface area contributed by atoms with E-state index in [1.54, 1.807) is 13.3 Å². The van der Waals surface area contributed by atoms with Crippen LogP contribution in [0.1, 0.15) is 21.6 Å². The Labute approximate surface area is 141 Å². The highest BCUT2D eigenvalue weighted by molar-refractivity contribution is 5.81. The van der Waals surface area contributed by atoms with Gasteiger partial charge < -0.3 is 4.74 Å². The molecule has 0 fully saturated rings. The molecule has 0 bridgehead atoms. The van der Waals surface area contributed by atoms with Gasteiger partial charge in [-0.15, -0.1) is 0 Å². The van der Waals surface area contributed by atoms with Gasteiger partial charge in [0.25, 0.3) is 5.91 Å². The Kier molecular flexibility index (Phi) is 4.87. The van der Waals surface area contributed by atoms with E-state index >= 15 is 0 Å². The van der Waals surface area contributed by atoms with Gasteiger partial charge >= 0.3 is 0 Å². The number of benzene rings is 2. The largest absolute Gasteiger partial charge is 0.497 e. The van der Waals surface area contributed by atoms with E-state index in [1.807, 2.05) is 72.8 Å². The van der Waals surface area contributed by atoms with Gasteiger partial charge in [0, 0.05) is 6.20 Å². The van der Waals surface area contributed by atoms with Gasteiger partial charge in [-0.3, -0.25) is 4.79 Å². The normalized spacial score (nSPS) is 10.9. The van der Waals surface area contributed by atoms with E-state index in [0.717, 1.165) is 22.6 Å². The van der Waals surface area contributed by atoms with Crippen molar-refractivity contribution in [1.82, 2.24) is 9.78 Å². The van der Waals surface area contributed by atoms with Crippen molar-refractivity contribution in [2.75, 3.05) is 7.11 Å². The predicted molar refractivity (Wildman–Crippen MR) is 94.9 cm³/mol. The summed E-state index contributed by atoms with van der Waals surface area (Å²) in [4.78, 5) is 12.3. The van der Waals surface area contributed by atoms with Crippen LogP contribution in [0.4, 0.5) is 0 Å². The van der Waals surface area contributed by atoms with Gasteiger partial charge in [0.05, 0.1) is 19.2 Å². The molecule has 0 unspecified atom stereocenters. The molecule has 3 aromatic rings. The van der Waals surface area contributed by atoms with Crippen LogP contribution in [0.2, 0.25) is 0 Å². The molecular formula is C20H18N2O2. The summed E-state index contributed by atoms with van der Waals surface area (Å²) in [6.07, 6.45) is 5.86. The van der Waals surface area contributed by atoms with Gasteiger partial charge in [0.15, 0.2) is 0 Å². The summed E-state index contributed by atoms with van der Waals surface area (Å²) in [5.41, 5.74) is 2.77. The quantitative estimate of drug-likeness (QED) is 0.715. The number of carbonyl (C=O) groups is 1. The molecule has 0 aliphatic carbocycles. The summed E-state index contributed by atoms with van der Waals surface area (Å²) in [7, 11) is 1.62. The smallest absolute Gasteiger partial charge is 0.251 e. The fourth-order valence-electron chi connectivity index (χ4n) is 2.31. The number of methoxy groups -OCH3 is 1. The summed E-state index contributed by atoms with van der Waals surface area (Å²) >= 11 is 0. The summed E-state index contributed by atoms with van der Waals surface area (Å²) in [6.45, 7) is 0. The third-order valence-corrected chi connectivity index (χ3v) is 3.63. The van der Waals surface area contributed by atoms with Crippen LogP contribution in [0.25, 0.3) is 12.2 Å². The van der Waals surface area contributed by atoms with Crippen molar-refractivity contribution in [2.45, 2.75) is 6.42 Å². The number of aromatic nitrogens is 2. The molecule has 3 rings (SSSR count). The molecule has 0 aliphatic rings. The molecule has 0 atom stereocenters. The molecule has 0 amide bonds. The summed E-state index contributed by atoms with van der Waals surface area (Å²) in [5, 5.41) is 4.31. The van der Waals surface area contributed by atoms with Crippen molar-refractivity contribution in [3.63, 3.8) is 0 Å². The monoisotopic (exact) mass is 318 g/mol. The standard InChI is InChI=1S/C20H18N2O2/c1-24-19-11-8-17(9-12-19)15-20(23)22-14-13-18(21-22)10-7-16-5-3-2-4-6-16/h2-14H,15H2,1H3/b10-7+. The molecule has 120 valence electrons. The summed E-state index contributed by atoms with van der Waals surface area (Å²) < 4.78 is 6.50. The molecule has 4 heteroatoms. The predicted octanol–water partition coefficient (Wildman–Crippen LogP) is 3.95. The fourth-order valence-corrected chi connectivity index (χ4v) is 2.31. The van der Waals surface area contributed by atoms with Crippen LogP contribution in [0.5, 0.6) is 5.75 Å². The van der Waals surface area contributed by atoms with Crippen LogP contribution >= 0.6 is 0 Å². The number of ether oxygens (including phenoxy) is 1. The van der Waals surface area contributed by atoms with Crippen LogP contribution in [-0.4, -0.2) is 22.8 Å². The SMILES string of the molecule is COc1ccc(CC(=O)n2ccc(/C=C/c3ccccc3)n2)cc1. The highest BCUT2D eigenvalue weighted by atomic mass is 16.5. The van der Waals surface area contributed by atoms with Gasteiger partial charge in [-0.25, -0.2) is 4.68 Å². The number of carbonyl (C=O) groups excluding carboxylic acids is 1. The van der Waals surface area contributed by atoms with Crippen LogP contribution in [0.15, 0.2) is 66.9 Å². The maximum absolute atomic E-state index is 12.3. The first-order chi connectivity index (χ1) is 11.7. The molecule has 24 heavy (non-hydrogen) atoms. The van der Waals surface area contributed by atoms with Crippen LogP contribution < -0.4 is 4.74 Å². The molecule has 0 saturated heterocycles. The second kappa shape index (κ2) is 7.42. The lowest BCUT2D eigenvalue weighted by Gasteiger charge is -2.03. The Bertz CT molecular complexity index is 834. The number of nitrogens with zero attached hydrogens (tertiary/aromatic N) is 2. The number of hydrogen-bond donors (Lipinski definition) is 0. The van der Waals surface area contributed by atoms with Crippen molar-refractivity contribution in [3.8, 4) is 5.75 Å². The first-order valence-electron chi connectivity index (χ1n) is 7.69. The van der Waals surface area contributed by atoms with Crippen LogP contribution in [0.3, 0.4) is 0 Å². The fraction of sp³-hybridized carbons (Fsp3) is 0.100. The lowest BCUT2D eigenvalue weighted by atomic mass is 10.1. The van der Waals surface area contributed by atoms with E-state index in [1.165, 1.54) is 4.68 Å². The summed E-state index contributed by atoms with van der Waals surface area (Å²) in [6, 6.07) is 19.3. The minimum absolute atomic E-state index is 0.0699. The van der Waals surface area contributed by atoms with Gasteiger partial charge in [-0.2, -0.15) is 5.10 Å². The first kappa shape index (κ1) is 15.7. The van der Waals surface area contributed by atoms with Crippen molar-refractivity contribution in [3.05, 3.63) is 83.7 Å². The van der Waals surface area contributed by atoms with Crippen LogP contribution in [0, 0.1) is 0 Å². The average Bonchev–Trinajstić information content (AvgIpc) is 3.11. The van der Waals surface area contributed by atoms with Crippen molar-refractivity contribution in [1.29, 1.82) is 0 Å². The number of rotatable bonds is 5. The second-order valence-corrected chi connectivity index (χ2v) is 5.35. The Hall–Kier alpha value is -3.14. The lowest BCUT2D eigenvalue weighted by Crippen LogP contribution is -2.14. The van der Waals surface area contributed by atoms with E-state index < -0.39 is 0 Å². The zero-order chi connectivity index (χ0) is 16.8. The Morgan fingerprint density at radius 3 is 2.50 bits per heavy atom. The maximum atomic E-state index is 12.3. The molecule has 0 saturated carbocycles. The maximum Gasteiger partial charge on any atom is 0.251 e. The van der Waals surface area contributed by atoms with E-state index in [9.17, 15) is 4.79 Å². The zero-order valence-corrected chi connectivity index (χ0v) is 13.4.